The second-order valence-electron chi connectivity index (χ2n) is 2.95. The van der Waals surface area contributed by atoms with E-state index in [1.807, 2.05) is 29.0 Å². The van der Waals surface area contributed by atoms with Gasteiger partial charge in [-0.25, -0.2) is 4.98 Å². The standard InChI is InChI=1S/C10H10BrN3/c11-9-1-2-10(8(5-9)6-12)14-4-3-13-7-14/h1-5,7H,6,12H2. The van der Waals surface area contributed by atoms with Gasteiger partial charge in [0.2, 0.25) is 0 Å². The maximum atomic E-state index is 5.67. The summed E-state index contributed by atoms with van der Waals surface area (Å²) in [5.41, 5.74) is 7.84. The smallest absolute Gasteiger partial charge is 0.0991 e. The average Bonchev–Trinajstić information content (AvgIpc) is 2.70. The Morgan fingerprint density at radius 2 is 2.29 bits per heavy atom. The van der Waals surface area contributed by atoms with E-state index >= 15 is 0 Å². The highest BCUT2D eigenvalue weighted by molar-refractivity contribution is 9.10. The van der Waals surface area contributed by atoms with Gasteiger partial charge in [0.05, 0.1) is 12.0 Å². The van der Waals surface area contributed by atoms with Gasteiger partial charge in [-0.05, 0) is 23.8 Å². The van der Waals surface area contributed by atoms with E-state index in [0.717, 1.165) is 15.7 Å². The predicted octanol–water partition coefficient (Wildman–Crippen LogP) is 2.09. The van der Waals surface area contributed by atoms with Gasteiger partial charge >= 0.3 is 0 Å². The summed E-state index contributed by atoms with van der Waals surface area (Å²) in [7, 11) is 0. The number of benzene rings is 1. The Labute approximate surface area is 90.7 Å². The first kappa shape index (κ1) is 9.43. The summed E-state index contributed by atoms with van der Waals surface area (Å²) in [6.07, 6.45) is 5.42. The fourth-order valence-corrected chi connectivity index (χ4v) is 1.78. The largest absolute Gasteiger partial charge is 0.326 e. The van der Waals surface area contributed by atoms with E-state index in [1.165, 1.54) is 0 Å². The van der Waals surface area contributed by atoms with Crippen LogP contribution >= 0.6 is 15.9 Å². The van der Waals surface area contributed by atoms with Gasteiger partial charge in [0.15, 0.2) is 0 Å². The van der Waals surface area contributed by atoms with E-state index in [9.17, 15) is 0 Å². The number of aromatic nitrogens is 2. The minimum atomic E-state index is 0.521. The maximum absolute atomic E-state index is 5.67. The molecule has 0 amide bonds. The van der Waals surface area contributed by atoms with E-state index in [0.29, 0.717) is 6.54 Å². The van der Waals surface area contributed by atoms with Gasteiger partial charge in [0, 0.05) is 23.4 Å². The van der Waals surface area contributed by atoms with Gasteiger partial charge in [-0.15, -0.1) is 0 Å². The van der Waals surface area contributed by atoms with Crippen LogP contribution in [0.2, 0.25) is 0 Å². The van der Waals surface area contributed by atoms with E-state index < -0.39 is 0 Å². The van der Waals surface area contributed by atoms with Gasteiger partial charge < -0.3 is 10.3 Å². The Balaban J connectivity index is 2.53. The number of rotatable bonds is 2. The zero-order chi connectivity index (χ0) is 9.97. The topological polar surface area (TPSA) is 43.8 Å². The first-order chi connectivity index (χ1) is 6.81. The molecule has 0 atom stereocenters. The van der Waals surface area contributed by atoms with Crippen LogP contribution in [-0.4, -0.2) is 9.55 Å². The van der Waals surface area contributed by atoms with E-state index in [4.69, 9.17) is 5.73 Å². The second-order valence-corrected chi connectivity index (χ2v) is 3.86. The molecule has 0 unspecified atom stereocenters. The van der Waals surface area contributed by atoms with Crippen molar-refractivity contribution in [3.63, 3.8) is 0 Å². The Hall–Kier alpha value is -1.13. The number of halogens is 1. The monoisotopic (exact) mass is 251 g/mol. The van der Waals surface area contributed by atoms with Crippen LogP contribution < -0.4 is 5.73 Å². The van der Waals surface area contributed by atoms with Crippen molar-refractivity contribution in [3.8, 4) is 5.69 Å². The van der Waals surface area contributed by atoms with Crippen molar-refractivity contribution < 1.29 is 0 Å². The molecule has 0 aliphatic heterocycles. The lowest BCUT2D eigenvalue weighted by Crippen LogP contribution is -2.03. The molecule has 72 valence electrons. The lowest BCUT2D eigenvalue weighted by molar-refractivity contribution is 0.981. The molecule has 0 fully saturated rings. The van der Waals surface area contributed by atoms with Crippen LogP contribution in [0, 0.1) is 0 Å². The highest BCUT2D eigenvalue weighted by Gasteiger charge is 2.02. The quantitative estimate of drug-likeness (QED) is 0.889. The fraction of sp³-hybridized carbons (Fsp3) is 0.100. The molecule has 2 rings (SSSR count). The third-order valence-electron chi connectivity index (χ3n) is 2.04. The molecule has 1 aromatic heterocycles. The Bertz CT molecular complexity index is 423. The lowest BCUT2D eigenvalue weighted by atomic mass is 10.2. The molecule has 1 aromatic carbocycles. The summed E-state index contributed by atoms with van der Waals surface area (Å²) in [4.78, 5) is 4.01. The fourth-order valence-electron chi connectivity index (χ4n) is 1.37. The third kappa shape index (κ3) is 1.71. The molecule has 3 nitrogen and oxygen atoms in total. The van der Waals surface area contributed by atoms with Crippen molar-refractivity contribution in [1.82, 2.24) is 9.55 Å². The first-order valence-electron chi connectivity index (χ1n) is 4.28. The molecule has 0 aliphatic rings. The molecule has 0 bridgehead atoms. The first-order valence-corrected chi connectivity index (χ1v) is 5.07. The van der Waals surface area contributed by atoms with E-state index in [2.05, 4.69) is 20.9 Å². The van der Waals surface area contributed by atoms with Gasteiger partial charge in [-0.3, -0.25) is 0 Å². The molecule has 0 aliphatic carbocycles. The van der Waals surface area contributed by atoms with Crippen LogP contribution in [0.3, 0.4) is 0 Å². The molecule has 2 N–H and O–H groups in total. The van der Waals surface area contributed by atoms with Gasteiger partial charge in [0.1, 0.15) is 0 Å². The van der Waals surface area contributed by atoms with Crippen molar-refractivity contribution in [2.75, 3.05) is 0 Å². The zero-order valence-electron chi connectivity index (χ0n) is 7.52. The van der Waals surface area contributed by atoms with Crippen LogP contribution in [0.1, 0.15) is 5.56 Å². The summed E-state index contributed by atoms with van der Waals surface area (Å²) in [5, 5.41) is 0. The van der Waals surface area contributed by atoms with E-state index in [1.54, 1.807) is 12.5 Å². The van der Waals surface area contributed by atoms with Crippen molar-refractivity contribution >= 4 is 15.9 Å². The lowest BCUT2D eigenvalue weighted by Gasteiger charge is -2.08. The Kier molecular flexibility index (Phi) is 2.65. The predicted molar refractivity (Wildman–Crippen MR) is 59.2 cm³/mol. The summed E-state index contributed by atoms with van der Waals surface area (Å²) >= 11 is 3.42. The normalized spacial score (nSPS) is 10.4. The molecule has 0 radical (unpaired) electrons. The number of hydrogen-bond acceptors (Lipinski definition) is 2. The third-order valence-corrected chi connectivity index (χ3v) is 2.54. The second kappa shape index (κ2) is 3.94. The summed E-state index contributed by atoms with van der Waals surface area (Å²) in [5.74, 6) is 0. The van der Waals surface area contributed by atoms with Crippen LogP contribution in [0.5, 0.6) is 0 Å². The van der Waals surface area contributed by atoms with Crippen molar-refractivity contribution in [2.45, 2.75) is 6.54 Å². The summed E-state index contributed by atoms with van der Waals surface area (Å²) in [6, 6.07) is 6.04. The number of nitrogens with zero attached hydrogens (tertiary/aromatic N) is 2. The number of hydrogen-bond donors (Lipinski definition) is 1. The molecule has 4 heteroatoms. The Morgan fingerprint density at radius 3 is 2.93 bits per heavy atom. The maximum Gasteiger partial charge on any atom is 0.0991 e. The van der Waals surface area contributed by atoms with Crippen molar-refractivity contribution in [3.05, 3.63) is 47.0 Å². The minimum absolute atomic E-state index is 0.521. The summed E-state index contributed by atoms with van der Waals surface area (Å²) < 4.78 is 3.00. The average molecular weight is 252 g/mol. The van der Waals surface area contributed by atoms with Crippen LogP contribution in [0.15, 0.2) is 41.4 Å². The molecule has 1 heterocycles. The minimum Gasteiger partial charge on any atom is -0.326 e. The molecule has 14 heavy (non-hydrogen) atoms. The number of nitrogens with two attached hydrogens (primary N) is 1. The van der Waals surface area contributed by atoms with Crippen LogP contribution in [0.4, 0.5) is 0 Å². The molecular formula is C10H10BrN3. The molecule has 0 saturated heterocycles. The van der Waals surface area contributed by atoms with Crippen molar-refractivity contribution in [2.24, 2.45) is 5.73 Å². The molecular weight excluding hydrogens is 242 g/mol. The highest BCUT2D eigenvalue weighted by atomic mass is 79.9. The highest BCUT2D eigenvalue weighted by Crippen LogP contribution is 2.19. The van der Waals surface area contributed by atoms with Gasteiger partial charge in [-0.2, -0.15) is 0 Å². The number of imidazole rings is 1. The van der Waals surface area contributed by atoms with Gasteiger partial charge in [0.25, 0.3) is 0 Å². The Morgan fingerprint density at radius 1 is 1.43 bits per heavy atom. The molecule has 0 spiro atoms. The van der Waals surface area contributed by atoms with E-state index in [-0.39, 0.29) is 0 Å². The SMILES string of the molecule is NCc1cc(Br)ccc1-n1ccnc1. The van der Waals surface area contributed by atoms with Crippen molar-refractivity contribution in [1.29, 1.82) is 0 Å². The van der Waals surface area contributed by atoms with Gasteiger partial charge in [-0.1, -0.05) is 15.9 Å². The van der Waals surface area contributed by atoms with Crippen LogP contribution in [-0.2, 0) is 6.54 Å². The summed E-state index contributed by atoms with van der Waals surface area (Å²) in [6.45, 7) is 0.521. The van der Waals surface area contributed by atoms with Crippen LogP contribution in [0.25, 0.3) is 5.69 Å². The molecule has 2 aromatic rings. The zero-order valence-corrected chi connectivity index (χ0v) is 9.11. The molecule has 0 saturated carbocycles.